The molecule has 2 N–H and O–H groups in total. The second-order valence-corrected chi connectivity index (χ2v) is 6.78. The molecule has 0 spiro atoms. The summed E-state index contributed by atoms with van der Waals surface area (Å²) < 4.78 is 5.77. The fourth-order valence-corrected chi connectivity index (χ4v) is 2.47. The van der Waals surface area contributed by atoms with Crippen LogP contribution < -0.4 is 15.4 Å². The summed E-state index contributed by atoms with van der Waals surface area (Å²) in [6.07, 6.45) is 1.19. The van der Waals surface area contributed by atoms with E-state index < -0.39 is 5.60 Å². The molecule has 0 aliphatic heterocycles. The van der Waals surface area contributed by atoms with Crippen molar-refractivity contribution in [3.63, 3.8) is 0 Å². The Balaban J connectivity index is 2.04. The summed E-state index contributed by atoms with van der Waals surface area (Å²) in [6.45, 7) is 5.31. The van der Waals surface area contributed by atoms with Gasteiger partial charge in [-0.25, -0.2) is 0 Å². The Bertz CT molecular complexity index is 776. The molecule has 0 bridgehead atoms. The number of rotatable bonds is 7. The number of carbonyl (C=O) groups is 2. The van der Waals surface area contributed by atoms with E-state index in [1.807, 2.05) is 25.1 Å². The predicted molar refractivity (Wildman–Crippen MR) is 105 cm³/mol. The molecular formula is C20H23ClN2O3. The van der Waals surface area contributed by atoms with Gasteiger partial charge < -0.3 is 15.4 Å². The fraction of sp³-hybridized carbons (Fsp3) is 0.300. The molecule has 2 amide bonds. The predicted octanol–water partition coefficient (Wildman–Crippen LogP) is 4.87. The fourth-order valence-electron chi connectivity index (χ4n) is 2.25. The highest BCUT2D eigenvalue weighted by Gasteiger charge is 2.30. The monoisotopic (exact) mass is 374 g/mol. The number of halogens is 1. The minimum Gasteiger partial charge on any atom is -0.478 e. The maximum absolute atomic E-state index is 12.5. The Morgan fingerprint density at radius 3 is 2.38 bits per heavy atom. The number of hydrogen-bond acceptors (Lipinski definition) is 3. The molecule has 0 saturated heterocycles. The molecule has 0 atom stereocenters. The Morgan fingerprint density at radius 1 is 1.08 bits per heavy atom. The van der Waals surface area contributed by atoms with Crippen molar-refractivity contribution >= 4 is 34.8 Å². The van der Waals surface area contributed by atoms with Crippen molar-refractivity contribution in [1.82, 2.24) is 0 Å². The van der Waals surface area contributed by atoms with Crippen molar-refractivity contribution in [1.29, 1.82) is 0 Å². The van der Waals surface area contributed by atoms with Crippen LogP contribution in [-0.4, -0.2) is 17.4 Å². The Morgan fingerprint density at radius 2 is 1.77 bits per heavy atom. The maximum atomic E-state index is 12.5. The molecule has 138 valence electrons. The SMILES string of the molecule is CCCC(=O)Nc1ccc(NC(=O)C(C)(C)Oc2ccccc2)cc1Cl. The largest absolute Gasteiger partial charge is 0.478 e. The van der Waals surface area contributed by atoms with Crippen LogP contribution in [0, 0.1) is 0 Å². The van der Waals surface area contributed by atoms with Crippen molar-refractivity contribution in [2.45, 2.75) is 39.2 Å². The minimum atomic E-state index is -1.07. The molecule has 6 heteroatoms. The van der Waals surface area contributed by atoms with Crippen molar-refractivity contribution in [3.05, 3.63) is 53.6 Å². The first-order chi connectivity index (χ1) is 12.3. The Kier molecular flexibility index (Phi) is 6.64. The summed E-state index contributed by atoms with van der Waals surface area (Å²) in [6, 6.07) is 14.1. The van der Waals surface area contributed by atoms with Gasteiger partial charge in [-0.15, -0.1) is 0 Å². The minimum absolute atomic E-state index is 0.0939. The molecule has 0 heterocycles. The van der Waals surface area contributed by atoms with Gasteiger partial charge in [0.25, 0.3) is 5.91 Å². The van der Waals surface area contributed by atoms with Crippen molar-refractivity contribution < 1.29 is 14.3 Å². The zero-order chi connectivity index (χ0) is 19.2. The van der Waals surface area contributed by atoms with Crippen LogP contribution in [0.2, 0.25) is 5.02 Å². The molecule has 2 aromatic rings. The van der Waals surface area contributed by atoms with Crippen LogP contribution >= 0.6 is 11.6 Å². The number of carbonyl (C=O) groups excluding carboxylic acids is 2. The molecule has 0 unspecified atom stereocenters. The van der Waals surface area contributed by atoms with Gasteiger partial charge in [0.15, 0.2) is 5.60 Å². The second-order valence-electron chi connectivity index (χ2n) is 6.37. The second kappa shape index (κ2) is 8.72. The average Bonchev–Trinajstić information content (AvgIpc) is 2.58. The highest BCUT2D eigenvalue weighted by Crippen LogP contribution is 2.27. The normalized spacial score (nSPS) is 10.9. The van der Waals surface area contributed by atoms with Crippen LogP contribution in [0.3, 0.4) is 0 Å². The van der Waals surface area contributed by atoms with Gasteiger partial charge in [-0.2, -0.15) is 0 Å². The molecule has 0 saturated carbocycles. The number of amides is 2. The number of para-hydroxylation sites is 1. The topological polar surface area (TPSA) is 67.4 Å². The first kappa shape index (κ1) is 19.8. The maximum Gasteiger partial charge on any atom is 0.267 e. The summed E-state index contributed by atoms with van der Waals surface area (Å²) >= 11 is 6.20. The van der Waals surface area contributed by atoms with Gasteiger partial charge in [0, 0.05) is 12.1 Å². The molecule has 0 aliphatic rings. The Hall–Kier alpha value is -2.53. The van der Waals surface area contributed by atoms with Crippen LogP contribution in [0.4, 0.5) is 11.4 Å². The first-order valence-corrected chi connectivity index (χ1v) is 8.84. The Labute approximate surface area is 158 Å². The molecule has 2 rings (SSSR count). The number of anilines is 2. The standard InChI is InChI=1S/C20H23ClN2O3/c1-4-8-18(24)23-17-12-11-14(13-16(17)21)22-19(25)20(2,3)26-15-9-6-5-7-10-15/h5-7,9-13H,4,8H2,1-3H3,(H,22,25)(H,23,24). The number of hydrogen-bond donors (Lipinski definition) is 2. The van der Waals surface area contributed by atoms with Gasteiger partial charge in [0.1, 0.15) is 5.75 Å². The van der Waals surface area contributed by atoms with E-state index in [4.69, 9.17) is 16.3 Å². The molecule has 0 fully saturated rings. The lowest BCUT2D eigenvalue weighted by Gasteiger charge is -2.25. The lowest BCUT2D eigenvalue weighted by molar-refractivity contribution is -0.128. The van der Waals surface area contributed by atoms with Crippen LogP contribution in [0.5, 0.6) is 5.75 Å². The van der Waals surface area contributed by atoms with E-state index in [0.717, 1.165) is 6.42 Å². The number of benzene rings is 2. The van der Waals surface area contributed by atoms with E-state index in [9.17, 15) is 9.59 Å². The van der Waals surface area contributed by atoms with Crippen molar-refractivity contribution in [2.24, 2.45) is 0 Å². The van der Waals surface area contributed by atoms with Gasteiger partial charge in [0.2, 0.25) is 5.91 Å². The van der Waals surface area contributed by atoms with Gasteiger partial charge in [-0.3, -0.25) is 9.59 Å². The van der Waals surface area contributed by atoms with Gasteiger partial charge >= 0.3 is 0 Å². The summed E-state index contributed by atoms with van der Waals surface area (Å²) in [7, 11) is 0. The number of ether oxygens (including phenoxy) is 1. The zero-order valence-corrected chi connectivity index (χ0v) is 15.9. The molecule has 2 aromatic carbocycles. The lowest BCUT2D eigenvalue weighted by Crippen LogP contribution is -2.42. The average molecular weight is 375 g/mol. The third kappa shape index (κ3) is 5.49. The van der Waals surface area contributed by atoms with Crippen LogP contribution in [0.1, 0.15) is 33.6 Å². The van der Waals surface area contributed by atoms with Gasteiger partial charge in [-0.05, 0) is 50.6 Å². The van der Waals surface area contributed by atoms with Gasteiger partial charge in [-0.1, -0.05) is 36.7 Å². The van der Waals surface area contributed by atoms with Crippen LogP contribution in [0.15, 0.2) is 48.5 Å². The lowest BCUT2D eigenvalue weighted by atomic mass is 10.1. The smallest absolute Gasteiger partial charge is 0.267 e. The van der Waals surface area contributed by atoms with E-state index in [1.54, 1.807) is 44.2 Å². The molecule has 0 aromatic heterocycles. The van der Waals surface area contributed by atoms with E-state index in [0.29, 0.717) is 28.6 Å². The van der Waals surface area contributed by atoms with E-state index in [-0.39, 0.29) is 11.8 Å². The third-order valence-electron chi connectivity index (χ3n) is 3.64. The third-order valence-corrected chi connectivity index (χ3v) is 3.95. The zero-order valence-electron chi connectivity index (χ0n) is 15.1. The number of nitrogens with one attached hydrogen (secondary N) is 2. The van der Waals surface area contributed by atoms with Crippen molar-refractivity contribution in [2.75, 3.05) is 10.6 Å². The first-order valence-electron chi connectivity index (χ1n) is 8.46. The quantitative estimate of drug-likeness (QED) is 0.726. The highest BCUT2D eigenvalue weighted by molar-refractivity contribution is 6.34. The van der Waals surface area contributed by atoms with Gasteiger partial charge in [0.05, 0.1) is 10.7 Å². The molecule has 0 aliphatic carbocycles. The van der Waals surface area contributed by atoms with Crippen molar-refractivity contribution in [3.8, 4) is 5.75 Å². The summed E-state index contributed by atoms with van der Waals surface area (Å²) in [5.74, 6) is 0.212. The van der Waals surface area contributed by atoms with Crippen LogP contribution in [0.25, 0.3) is 0 Å². The van der Waals surface area contributed by atoms with E-state index >= 15 is 0 Å². The van der Waals surface area contributed by atoms with E-state index in [2.05, 4.69) is 10.6 Å². The summed E-state index contributed by atoms with van der Waals surface area (Å²) in [5.41, 5.74) is -0.0249. The summed E-state index contributed by atoms with van der Waals surface area (Å²) in [5, 5.41) is 5.89. The molecule has 26 heavy (non-hydrogen) atoms. The molecular weight excluding hydrogens is 352 g/mol. The summed E-state index contributed by atoms with van der Waals surface area (Å²) in [4.78, 5) is 24.2. The molecule has 0 radical (unpaired) electrons. The van der Waals surface area contributed by atoms with E-state index in [1.165, 1.54) is 0 Å². The van der Waals surface area contributed by atoms with Crippen LogP contribution in [-0.2, 0) is 9.59 Å². The molecule has 5 nitrogen and oxygen atoms in total. The highest BCUT2D eigenvalue weighted by atomic mass is 35.5.